The summed E-state index contributed by atoms with van der Waals surface area (Å²) in [6.45, 7) is 0. The molecule has 0 fully saturated rings. The number of nitrogens with zero attached hydrogens (tertiary/aromatic N) is 3. The van der Waals surface area contributed by atoms with E-state index < -0.39 is 10.7 Å². The van der Waals surface area contributed by atoms with Gasteiger partial charge < -0.3 is 4.74 Å². The van der Waals surface area contributed by atoms with Gasteiger partial charge in [0, 0.05) is 12.1 Å². The van der Waals surface area contributed by atoms with Crippen LogP contribution in [0, 0.1) is 15.9 Å². The van der Waals surface area contributed by atoms with Crippen LogP contribution in [0.4, 0.5) is 10.1 Å². The first kappa shape index (κ1) is 12.4. The van der Waals surface area contributed by atoms with Crippen LogP contribution in [0.2, 0.25) is 0 Å². The first-order valence-electron chi connectivity index (χ1n) is 5.45. The molecule has 0 saturated carbocycles. The second kappa shape index (κ2) is 4.82. The smallest absolute Gasteiger partial charge is 0.311 e. The van der Waals surface area contributed by atoms with Crippen molar-refractivity contribution in [2.45, 2.75) is 0 Å². The average molecular weight is 291 g/mol. The summed E-state index contributed by atoms with van der Waals surface area (Å²) in [5, 5.41) is 13.3. The van der Waals surface area contributed by atoms with Gasteiger partial charge in [-0.3, -0.25) is 10.1 Å². The molecule has 0 radical (unpaired) electrons. The third-order valence-electron chi connectivity index (χ3n) is 2.55. The summed E-state index contributed by atoms with van der Waals surface area (Å²) >= 11 is 1.39. The number of nitro groups is 1. The Morgan fingerprint density at radius 1 is 1.30 bits per heavy atom. The molecule has 1 aromatic carbocycles. The highest BCUT2D eigenvalue weighted by atomic mass is 32.1. The Bertz CT molecular complexity index is 805. The van der Waals surface area contributed by atoms with Crippen molar-refractivity contribution in [1.29, 1.82) is 0 Å². The van der Waals surface area contributed by atoms with Gasteiger partial charge in [-0.15, -0.1) is 11.3 Å². The molecule has 0 N–H and O–H groups in total. The van der Waals surface area contributed by atoms with E-state index in [1.54, 1.807) is 11.4 Å². The maximum Gasteiger partial charge on any atom is 0.311 e. The van der Waals surface area contributed by atoms with Crippen molar-refractivity contribution in [3.63, 3.8) is 0 Å². The maximum absolute atomic E-state index is 13.2. The minimum atomic E-state index is -0.638. The lowest BCUT2D eigenvalue weighted by atomic mass is 10.3. The van der Waals surface area contributed by atoms with Crippen LogP contribution < -0.4 is 4.74 Å². The van der Waals surface area contributed by atoms with Crippen molar-refractivity contribution < 1.29 is 14.1 Å². The monoisotopic (exact) mass is 291 g/mol. The molecule has 0 spiro atoms. The highest BCUT2D eigenvalue weighted by Crippen LogP contribution is 2.34. The van der Waals surface area contributed by atoms with E-state index in [1.165, 1.54) is 17.7 Å². The van der Waals surface area contributed by atoms with Gasteiger partial charge in [0.1, 0.15) is 17.0 Å². The minimum Gasteiger partial charge on any atom is -0.431 e. The number of ether oxygens (including phenoxy) is 1. The molecule has 3 aromatic rings. The van der Waals surface area contributed by atoms with Crippen LogP contribution in [-0.2, 0) is 0 Å². The van der Waals surface area contributed by atoms with Crippen molar-refractivity contribution in [3.8, 4) is 11.6 Å². The molecule has 0 aliphatic rings. The molecule has 0 saturated heterocycles. The highest BCUT2D eigenvalue weighted by Gasteiger charge is 2.18. The molecule has 20 heavy (non-hydrogen) atoms. The van der Waals surface area contributed by atoms with E-state index in [9.17, 15) is 14.5 Å². The van der Waals surface area contributed by atoms with Crippen molar-refractivity contribution in [2.24, 2.45) is 0 Å². The average Bonchev–Trinajstić information content (AvgIpc) is 2.88. The Morgan fingerprint density at radius 3 is 2.95 bits per heavy atom. The number of hydrogen-bond donors (Lipinski definition) is 0. The van der Waals surface area contributed by atoms with Gasteiger partial charge in [0.05, 0.1) is 10.3 Å². The summed E-state index contributed by atoms with van der Waals surface area (Å²) in [4.78, 5) is 18.9. The molecule has 0 atom stereocenters. The minimum absolute atomic E-state index is 0.157. The molecular weight excluding hydrogens is 285 g/mol. The zero-order valence-electron chi connectivity index (χ0n) is 9.82. The summed E-state index contributed by atoms with van der Waals surface area (Å²) in [5.74, 6) is -0.660. The first-order chi connectivity index (χ1) is 9.65. The Kier molecular flexibility index (Phi) is 2.99. The molecule has 3 rings (SSSR count). The summed E-state index contributed by atoms with van der Waals surface area (Å²) in [7, 11) is 0. The van der Waals surface area contributed by atoms with Crippen molar-refractivity contribution in [3.05, 3.63) is 51.9 Å². The lowest BCUT2D eigenvalue weighted by molar-refractivity contribution is -0.385. The summed E-state index contributed by atoms with van der Waals surface area (Å²) in [6.07, 6.45) is 1.29. The Balaban J connectivity index is 2.09. The lowest BCUT2D eigenvalue weighted by Crippen LogP contribution is -1.96. The van der Waals surface area contributed by atoms with Crippen molar-refractivity contribution >= 4 is 27.2 Å². The van der Waals surface area contributed by atoms with Crippen LogP contribution >= 0.6 is 11.3 Å². The van der Waals surface area contributed by atoms with Gasteiger partial charge in [-0.25, -0.2) is 14.4 Å². The number of rotatable bonds is 3. The molecule has 2 heterocycles. The Labute approximate surface area is 115 Å². The van der Waals surface area contributed by atoms with E-state index in [4.69, 9.17) is 4.74 Å². The van der Waals surface area contributed by atoms with E-state index >= 15 is 0 Å². The second-order valence-corrected chi connectivity index (χ2v) is 4.68. The lowest BCUT2D eigenvalue weighted by Gasteiger charge is -2.06. The van der Waals surface area contributed by atoms with Crippen molar-refractivity contribution in [1.82, 2.24) is 9.97 Å². The molecular formula is C12H6FN3O3S. The van der Waals surface area contributed by atoms with Gasteiger partial charge in [0.15, 0.2) is 0 Å². The topological polar surface area (TPSA) is 78.2 Å². The van der Waals surface area contributed by atoms with Gasteiger partial charge in [-0.2, -0.15) is 0 Å². The van der Waals surface area contributed by atoms with Crippen LogP contribution in [0.25, 0.3) is 10.2 Å². The van der Waals surface area contributed by atoms with Crippen molar-refractivity contribution in [2.75, 3.05) is 0 Å². The highest BCUT2D eigenvalue weighted by molar-refractivity contribution is 7.16. The van der Waals surface area contributed by atoms with Crippen LogP contribution in [0.5, 0.6) is 11.6 Å². The number of aromatic nitrogens is 2. The zero-order chi connectivity index (χ0) is 14.1. The first-order valence-corrected chi connectivity index (χ1v) is 6.33. The Hall–Kier alpha value is -2.61. The van der Waals surface area contributed by atoms with Gasteiger partial charge in [0.2, 0.25) is 11.6 Å². The Morgan fingerprint density at radius 2 is 2.15 bits per heavy atom. The maximum atomic E-state index is 13.2. The largest absolute Gasteiger partial charge is 0.431 e. The summed E-state index contributed by atoms with van der Waals surface area (Å²) < 4.78 is 18.6. The van der Waals surface area contributed by atoms with Crippen LogP contribution in [-0.4, -0.2) is 14.9 Å². The molecule has 100 valence electrons. The number of fused-ring (bicyclic) bond motifs is 1. The molecule has 0 amide bonds. The number of halogens is 1. The van der Waals surface area contributed by atoms with Crippen LogP contribution in [0.15, 0.2) is 36.0 Å². The standard InChI is InChI=1S/C12H6FN3O3S/c13-7-1-2-9(16(17)18)10(5-7)19-11-8-3-4-20-12(8)15-6-14-11/h1-6H. The van der Waals surface area contributed by atoms with E-state index in [1.807, 2.05) is 0 Å². The van der Waals surface area contributed by atoms with E-state index in [0.29, 0.717) is 10.2 Å². The normalized spacial score (nSPS) is 10.7. The van der Waals surface area contributed by atoms with E-state index in [0.717, 1.165) is 18.2 Å². The molecule has 0 aliphatic carbocycles. The van der Waals surface area contributed by atoms with Gasteiger partial charge in [0.25, 0.3) is 0 Å². The van der Waals surface area contributed by atoms with Crippen LogP contribution in [0.3, 0.4) is 0 Å². The summed E-state index contributed by atoms with van der Waals surface area (Å²) in [5.41, 5.74) is -0.326. The van der Waals surface area contributed by atoms with Gasteiger partial charge in [-0.1, -0.05) is 0 Å². The molecule has 0 unspecified atom stereocenters. The molecule has 8 heteroatoms. The number of nitro benzene ring substituents is 1. The third-order valence-corrected chi connectivity index (χ3v) is 3.37. The number of thiophene rings is 1. The fourth-order valence-corrected chi connectivity index (χ4v) is 2.40. The van der Waals surface area contributed by atoms with E-state index in [-0.39, 0.29) is 17.3 Å². The van der Waals surface area contributed by atoms with E-state index in [2.05, 4.69) is 9.97 Å². The predicted molar refractivity (Wildman–Crippen MR) is 70.5 cm³/mol. The van der Waals surface area contributed by atoms with Gasteiger partial charge >= 0.3 is 5.69 Å². The molecule has 0 aliphatic heterocycles. The SMILES string of the molecule is O=[N+]([O-])c1ccc(F)cc1Oc1ncnc2sccc12. The molecule has 6 nitrogen and oxygen atoms in total. The van der Waals surface area contributed by atoms with Crippen LogP contribution in [0.1, 0.15) is 0 Å². The fraction of sp³-hybridized carbons (Fsp3) is 0. The quantitative estimate of drug-likeness (QED) is 0.545. The number of hydrogen-bond acceptors (Lipinski definition) is 6. The predicted octanol–water partition coefficient (Wildman–Crippen LogP) is 3.53. The molecule has 2 aromatic heterocycles. The zero-order valence-corrected chi connectivity index (χ0v) is 10.6. The second-order valence-electron chi connectivity index (χ2n) is 3.79. The third kappa shape index (κ3) is 2.16. The fourth-order valence-electron chi connectivity index (χ4n) is 1.67. The summed E-state index contributed by atoms with van der Waals surface area (Å²) in [6, 6.07) is 4.75. The molecule has 0 bridgehead atoms. The number of benzene rings is 1. The van der Waals surface area contributed by atoms with Gasteiger partial charge in [-0.05, 0) is 17.5 Å².